The zero-order valence-corrected chi connectivity index (χ0v) is 14.8. The van der Waals surface area contributed by atoms with Gasteiger partial charge in [0.15, 0.2) is 0 Å². The number of carbonyl (C=O) groups is 1. The van der Waals surface area contributed by atoms with Gasteiger partial charge in [0, 0.05) is 10.5 Å². The number of para-hydroxylation sites is 1. The number of aryl methyl sites for hydroxylation is 1. The van der Waals surface area contributed by atoms with Gasteiger partial charge in [0.2, 0.25) is 5.91 Å². The summed E-state index contributed by atoms with van der Waals surface area (Å²) in [5, 5.41) is 2.90. The Bertz CT molecular complexity index is 655. The molecule has 0 aliphatic carbocycles. The van der Waals surface area contributed by atoms with Crippen LogP contribution in [0.4, 0.5) is 0 Å². The molecule has 0 spiro atoms. The fourth-order valence-electron chi connectivity index (χ4n) is 2.31. The lowest BCUT2D eigenvalue weighted by Gasteiger charge is -2.19. The van der Waals surface area contributed by atoms with E-state index in [0.29, 0.717) is 0 Å². The molecular formula is C19H23NO2S. The Kier molecular flexibility index (Phi) is 6.11. The molecule has 2 aromatic rings. The first kappa shape index (κ1) is 17.4. The Morgan fingerprint density at radius 3 is 2.39 bits per heavy atom. The summed E-state index contributed by atoms with van der Waals surface area (Å²) >= 11 is 1.56. The van der Waals surface area contributed by atoms with E-state index in [1.807, 2.05) is 50.2 Å². The number of benzene rings is 2. The Morgan fingerprint density at radius 2 is 1.74 bits per heavy atom. The van der Waals surface area contributed by atoms with Crippen molar-refractivity contribution >= 4 is 17.7 Å². The predicted octanol–water partition coefficient (Wildman–Crippen LogP) is 4.36. The molecule has 0 aliphatic rings. The van der Waals surface area contributed by atoms with Crippen LogP contribution in [0.1, 0.15) is 31.0 Å². The third kappa shape index (κ3) is 4.76. The number of rotatable bonds is 6. The predicted molar refractivity (Wildman–Crippen MR) is 96.0 cm³/mol. The van der Waals surface area contributed by atoms with E-state index in [1.165, 1.54) is 5.56 Å². The Morgan fingerprint density at radius 1 is 1.09 bits per heavy atom. The molecule has 0 heterocycles. The lowest BCUT2D eigenvalue weighted by atomic mass is 10.1. The van der Waals surface area contributed by atoms with Gasteiger partial charge in [-0.2, -0.15) is 0 Å². The van der Waals surface area contributed by atoms with Crippen LogP contribution in [0.25, 0.3) is 0 Å². The largest absolute Gasteiger partial charge is 0.496 e. The summed E-state index contributed by atoms with van der Waals surface area (Å²) in [6.07, 6.45) is 0. The first-order valence-corrected chi connectivity index (χ1v) is 8.56. The van der Waals surface area contributed by atoms with Crippen LogP contribution in [-0.2, 0) is 4.79 Å². The molecule has 3 nitrogen and oxygen atoms in total. The molecule has 0 aromatic heterocycles. The number of hydrogen-bond donors (Lipinski definition) is 1. The van der Waals surface area contributed by atoms with Gasteiger partial charge in [0.25, 0.3) is 0 Å². The number of amides is 1. The molecule has 2 rings (SSSR count). The van der Waals surface area contributed by atoms with E-state index in [0.717, 1.165) is 16.2 Å². The quantitative estimate of drug-likeness (QED) is 0.800. The molecule has 23 heavy (non-hydrogen) atoms. The van der Waals surface area contributed by atoms with E-state index in [-0.39, 0.29) is 17.2 Å². The second kappa shape index (κ2) is 8.06. The van der Waals surface area contributed by atoms with Crippen molar-refractivity contribution in [2.24, 2.45) is 0 Å². The van der Waals surface area contributed by atoms with Crippen LogP contribution in [0.3, 0.4) is 0 Å². The second-order valence-corrected chi connectivity index (χ2v) is 6.96. The summed E-state index contributed by atoms with van der Waals surface area (Å²) in [4.78, 5) is 13.5. The molecule has 0 fully saturated rings. The molecule has 1 N–H and O–H groups in total. The van der Waals surface area contributed by atoms with Crippen molar-refractivity contribution in [2.45, 2.75) is 37.0 Å². The maximum atomic E-state index is 12.4. The highest BCUT2D eigenvalue weighted by Crippen LogP contribution is 2.27. The molecule has 1 amide bonds. The van der Waals surface area contributed by atoms with Gasteiger partial charge in [-0.1, -0.05) is 35.9 Å². The van der Waals surface area contributed by atoms with Gasteiger partial charge < -0.3 is 10.1 Å². The lowest BCUT2D eigenvalue weighted by Crippen LogP contribution is -2.33. The maximum Gasteiger partial charge on any atom is 0.233 e. The minimum absolute atomic E-state index is 0.0222. The van der Waals surface area contributed by atoms with Crippen LogP contribution in [0, 0.1) is 6.92 Å². The topological polar surface area (TPSA) is 38.3 Å². The third-order valence-corrected chi connectivity index (χ3v) is 4.78. The smallest absolute Gasteiger partial charge is 0.233 e. The summed E-state index contributed by atoms with van der Waals surface area (Å²) in [5.41, 5.74) is 2.20. The molecule has 4 heteroatoms. The van der Waals surface area contributed by atoms with Gasteiger partial charge in [-0.3, -0.25) is 4.79 Å². The van der Waals surface area contributed by atoms with Gasteiger partial charge in [-0.05, 0) is 39.0 Å². The Balaban J connectivity index is 1.98. The zero-order chi connectivity index (χ0) is 16.8. The van der Waals surface area contributed by atoms with E-state index in [1.54, 1.807) is 18.9 Å². The first-order chi connectivity index (χ1) is 11.0. The molecule has 2 aromatic carbocycles. The van der Waals surface area contributed by atoms with Crippen molar-refractivity contribution in [3.05, 3.63) is 59.7 Å². The number of hydrogen-bond acceptors (Lipinski definition) is 3. The van der Waals surface area contributed by atoms with Crippen LogP contribution in [0.2, 0.25) is 0 Å². The van der Waals surface area contributed by atoms with Crippen molar-refractivity contribution in [3.63, 3.8) is 0 Å². The highest BCUT2D eigenvalue weighted by Gasteiger charge is 2.19. The minimum Gasteiger partial charge on any atom is -0.496 e. The van der Waals surface area contributed by atoms with Gasteiger partial charge in [-0.15, -0.1) is 11.8 Å². The van der Waals surface area contributed by atoms with Crippen LogP contribution in [-0.4, -0.2) is 18.3 Å². The fourth-order valence-corrected chi connectivity index (χ4v) is 3.18. The number of carbonyl (C=O) groups excluding carboxylic acids is 1. The van der Waals surface area contributed by atoms with Gasteiger partial charge in [-0.25, -0.2) is 0 Å². The summed E-state index contributed by atoms with van der Waals surface area (Å²) in [5.74, 6) is 0.813. The van der Waals surface area contributed by atoms with E-state index in [4.69, 9.17) is 4.74 Å². The summed E-state index contributed by atoms with van der Waals surface area (Å²) in [6.45, 7) is 5.95. The number of methoxy groups -OCH3 is 1. The first-order valence-electron chi connectivity index (χ1n) is 7.68. The van der Waals surface area contributed by atoms with Crippen molar-refractivity contribution in [3.8, 4) is 5.75 Å². The molecule has 0 saturated carbocycles. The third-order valence-electron chi connectivity index (χ3n) is 3.67. The highest BCUT2D eigenvalue weighted by molar-refractivity contribution is 8.00. The van der Waals surface area contributed by atoms with Crippen LogP contribution < -0.4 is 10.1 Å². The highest BCUT2D eigenvalue weighted by atomic mass is 32.2. The molecule has 0 radical (unpaired) electrons. The van der Waals surface area contributed by atoms with Crippen molar-refractivity contribution in [1.82, 2.24) is 5.32 Å². The van der Waals surface area contributed by atoms with Crippen molar-refractivity contribution < 1.29 is 9.53 Å². The Labute approximate surface area is 142 Å². The van der Waals surface area contributed by atoms with E-state index in [9.17, 15) is 4.79 Å². The lowest BCUT2D eigenvalue weighted by molar-refractivity contribution is -0.120. The van der Waals surface area contributed by atoms with E-state index in [2.05, 4.69) is 24.4 Å². The molecule has 2 atom stereocenters. The SMILES string of the molecule is COc1ccccc1[C@@H](C)NC(=O)[C@@H](C)Sc1ccc(C)cc1. The average Bonchev–Trinajstić information content (AvgIpc) is 2.56. The van der Waals surface area contributed by atoms with Crippen LogP contribution >= 0.6 is 11.8 Å². The summed E-state index contributed by atoms with van der Waals surface area (Å²) in [6, 6.07) is 15.9. The van der Waals surface area contributed by atoms with Gasteiger partial charge in [0.05, 0.1) is 18.4 Å². The number of nitrogens with one attached hydrogen (secondary N) is 1. The molecular weight excluding hydrogens is 306 g/mol. The average molecular weight is 329 g/mol. The van der Waals surface area contributed by atoms with Crippen LogP contribution in [0.5, 0.6) is 5.75 Å². The van der Waals surface area contributed by atoms with E-state index < -0.39 is 0 Å². The zero-order valence-electron chi connectivity index (χ0n) is 14.0. The molecule has 0 unspecified atom stereocenters. The standard InChI is InChI=1S/C19H23NO2S/c1-13-9-11-16(12-10-13)23-15(3)19(21)20-14(2)17-7-5-6-8-18(17)22-4/h5-12,14-15H,1-4H3,(H,20,21)/t14-,15-/m1/s1. The van der Waals surface area contributed by atoms with Crippen LogP contribution in [0.15, 0.2) is 53.4 Å². The fraction of sp³-hybridized carbons (Fsp3) is 0.316. The van der Waals surface area contributed by atoms with E-state index >= 15 is 0 Å². The molecule has 0 bridgehead atoms. The number of ether oxygens (including phenoxy) is 1. The Hall–Kier alpha value is -1.94. The van der Waals surface area contributed by atoms with Crippen molar-refractivity contribution in [2.75, 3.05) is 7.11 Å². The molecule has 0 aliphatic heterocycles. The second-order valence-electron chi connectivity index (χ2n) is 5.55. The molecule has 122 valence electrons. The molecule has 0 saturated heterocycles. The number of thioether (sulfide) groups is 1. The minimum atomic E-state index is -0.158. The summed E-state index contributed by atoms with van der Waals surface area (Å²) < 4.78 is 5.36. The van der Waals surface area contributed by atoms with Crippen molar-refractivity contribution in [1.29, 1.82) is 0 Å². The maximum absolute atomic E-state index is 12.4. The van der Waals surface area contributed by atoms with Gasteiger partial charge in [0.1, 0.15) is 5.75 Å². The van der Waals surface area contributed by atoms with Gasteiger partial charge >= 0.3 is 0 Å². The summed E-state index contributed by atoms with van der Waals surface area (Å²) in [7, 11) is 1.64. The normalized spacial score (nSPS) is 13.2. The monoisotopic (exact) mass is 329 g/mol.